The number of carbonyl (C=O) groups excluding carboxylic acids is 1. The summed E-state index contributed by atoms with van der Waals surface area (Å²) in [6.45, 7) is 0. The van der Waals surface area contributed by atoms with Crippen LogP contribution in [0.5, 0.6) is 0 Å². The highest BCUT2D eigenvalue weighted by atomic mass is 16.2. The molecular weight excluding hydrogens is 262 g/mol. The molecule has 0 fully saturated rings. The zero-order valence-corrected chi connectivity index (χ0v) is 11.9. The standard InChI is InChI=1S/C17H15N3O/c1-20(2)17(21)16-15(12-8-4-3-5-9-12)18-13-10-6-7-11-14(13)19-16/h3-11H,1-2H3. The maximum absolute atomic E-state index is 12.4. The lowest BCUT2D eigenvalue weighted by molar-refractivity contribution is 0.0823. The molecule has 0 aliphatic rings. The van der Waals surface area contributed by atoms with Crippen LogP contribution in [0.25, 0.3) is 22.3 Å². The van der Waals surface area contributed by atoms with Crippen molar-refractivity contribution in [3.05, 3.63) is 60.3 Å². The van der Waals surface area contributed by atoms with Gasteiger partial charge in [-0.15, -0.1) is 0 Å². The second-order valence-electron chi connectivity index (χ2n) is 4.98. The quantitative estimate of drug-likeness (QED) is 0.723. The number of hydrogen-bond donors (Lipinski definition) is 0. The number of benzene rings is 2. The molecule has 0 bridgehead atoms. The molecule has 0 saturated carbocycles. The summed E-state index contributed by atoms with van der Waals surface area (Å²) >= 11 is 0. The zero-order valence-electron chi connectivity index (χ0n) is 11.9. The molecule has 3 aromatic rings. The minimum absolute atomic E-state index is 0.146. The summed E-state index contributed by atoms with van der Waals surface area (Å²) in [5, 5.41) is 0. The topological polar surface area (TPSA) is 46.1 Å². The minimum Gasteiger partial charge on any atom is -0.343 e. The van der Waals surface area contributed by atoms with Crippen LogP contribution in [0.3, 0.4) is 0 Å². The Bertz CT molecular complexity index is 797. The van der Waals surface area contributed by atoms with E-state index in [1.807, 2.05) is 54.6 Å². The van der Waals surface area contributed by atoms with Crippen molar-refractivity contribution < 1.29 is 4.79 Å². The Hall–Kier alpha value is -2.75. The van der Waals surface area contributed by atoms with Gasteiger partial charge in [-0.2, -0.15) is 0 Å². The van der Waals surface area contributed by atoms with Crippen LogP contribution < -0.4 is 0 Å². The molecule has 0 aliphatic carbocycles. The largest absolute Gasteiger partial charge is 0.343 e. The first-order valence-electron chi connectivity index (χ1n) is 6.70. The van der Waals surface area contributed by atoms with E-state index in [4.69, 9.17) is 0 Å². The van der Waals surface area contributed by atoms with Gasteiger partial charge in [0.25, 0.3) is 5.91 Å². The van der Waals surface area contributed by atoms with Crippen LogP contribution in [0.1, 0.15) is 10.5 Å². The summed E-state index contributed by atoms with van der Waals surface area (Å²) in [5.74, 6) is -0.146. The van der Waals surface area contributed by atoms with E-state index in [-0.39, 0.29) is 5.91 Å². The van der Waals surface area contributed by atoms with Gasteiger partial charge in [-0.25, -0.2) is 9.97 Å². The fourth-order valence-electron chi connectivity index (χ4n) is 2.16. The van der Waals surface area contributed by atoms with E-state index in [0.717, 1.165) is 16.6 Å². The Morgan fingerprint density at radius 1 is 0.857 bits per heavy atom. The Kier molecular flexibility index (Phi) is 3.36. The Morgan fingerprint density at radius 2 is 1.43 bits per heavy atom. The van der Waals surface area contributed by atoms with Crippen LogP contribution in [0.15, 0.2) is 54.6 Å². The number of aromatic nitrogens is 2. The minimum atomic E-state index is -0.146. The molecule has 1 heterocycles. The second-order valence-corrected chi connectivity index (χ2v) is 4.98. The molecule has 21 heavy (non-hydrogen) atoms. The third-order valence-corrected chi connectivity index (χ3v) is 3.23. The predicted molar refractivity (Wildman–Crippen MR) is 83.0 cm³/mol. The zero-order chi connectivity index (χ0) is 14.8. The number of hydrogen-bond acceptors (Lipinski definition) is 3. The van der Waals surface area contributed by atoms with Gasteiger partial charge in [0, 0.05) is 19.7 Å². The van der Waals surface area contributed by atoms with Crippen LogP contribution in [0, 0.1) is 0 Å². The molecule has 104 valence electrons. The molecule has 0 N–H and O–H groups in total. The molecule has 0 aliphatic heterocycles. The molecule has 0 saturated heterocycles. The van der Waals surface area contributed by atoms with Gasteiger partial charge in [0.15, 0.2) is 5.69 Å². The Balaban J connectivity index is 2.29. The van der Waals surface area contributed by atoms with Gasteiger partial charge < -0.3 is 4.90 Å². The molecule has 0 unspecified atom stereocenters. The van der Waals surface area contributed by atoms with E-state index in [1.54, 1.807) is 14.1 Å². The monoisotopic (exact) mass is 277 g/mol. The summed E-state index contributed by atoms with van der Waals surface area (Å²) in [7, 11) is 3.43. The molecule has 2 aromatic carbocycles. The van der Waals surface area contributed by atoms with Crippen molar-refractivity contribution in [1.29, 1.82) is 0 Å². The van der Waals surface area contributed by atoms with Crippen molar-refractivity contribution in [1.82, 2.24) is 14.9 Å². The first kappa shape index (κ1) is 13.2. The van der Waals surface area contributed by atoms with Crippen LogP contribution in [0.4, 0.5) is 0 Å². The third kappa shape index (κ3) is 2.48. The van der Waals surface area contributed by atoms with Crippen molar-refractivity contribution in [2.24, 2.45) is 0 Å². The Morgan fingerprint density at radius 3 is 2.05 bits per heavy atom. The van der Waals surface area contributed by atoms with Crippen molar-refractivity contribution in [2.45, 2.75) is 0 Å². The molecule has 0 atom stereocenters. The number of fused-ring (bicyclic) bond motifs is 1. The summed E-state index contributed by atoms with van der Waals surface area (Å²) in [6, 6.07) is 17.2. The maximum Gasteiger partial charge on any atom is 0.274 e. The number of amides is 1. The van der Waals surface area contributed by atoms with E-state index in [2.05, 4.69) is 9.97 Å². The summed E-state index contributed by atoms with van der Waals surface area (Å²) in [6.07, 6.45) is 0. The molecule has 1 amide bonds. The van der Waals surface area contributed by atoms with Crippen LogP contribution in [0.2, 0.25) is 0 Å². The molecule has 4 heteroatoms. The second kappa shape index (κ2) is 5.32. The van der Waals surface area contributed by atoms with Crippen LogP contribution in [-0.4, -0.2) is 34.9 Å². The molecule has 3 rings (SSSR count). The SMILES string of the molecule is CN(C)C(=O)c1nc2ccccc2nc1-c1ccccc1. The van der Waals surface area contributed by atoms with Gasteiger partial charge in [-0.05, 0) is 12.1 Å². The van der Waals surface area contributed by atoms with E-state index < -0.39 is 0 Å². The number of nitrogens with zero attached hydrogens (tertiary/aromatic N) is 3. The molecule has 1 aromatic heterocycles. The average Bonchev–Trinajstić information content (AvgIpc) is 2.53. The number of carbonyl (C=O) groups is 1. The summed E-state index contributed by atoms with van der Waals surface area (Å²) in [4.78, 5) is 23.1. The fourth-order valence-corrected chi connectivity index (χ4v) is 2.16. The first-order valence-corrected chi connectivity index (χ1v) is 6.70. The highest BCUT2D eigenvalue weighted by Crippen LogP contribution is 2.23. The maximum atomic E-state index is 12.4. The van der Waals surface area contributed by atoms with Gasteiger partial charge in [0.2, 0.25) is 0 Å². The molecular formula is C17H15N3O. The molecule has 0 spiro atoms. The predicted octanol–water partition coefficient (Wildman–Crippen LogP) is 3.00. The smallest absolute Gasteiger partial charge is 0.274 e. The number of para-hydroxylation sites is 2. The van der Waals surface area contributed by atoms with Gasteiger partial charge >= 0.3 is 0 Å². The summed E-state index contributed by atoms with van der Waals surface area (Å²) < 4.78 is 0. The summed E-state index contributed by atoms with van der Waals surface area (Å²) in [5.41, 5.74) is 3.40. The highest BCUT2D eigenvalue weighted by molar-refractivity contribution is 5.99. The molecule has 0 radical (unpaired) electrons. The fraction of sp³-hybridized carbons (Fsp3) is 0.118. The van der Waals surface area contributed by atoms with Crippen molar-refractivity contribution in [3.8, 4) is 11.3 Å². The normalized spacial score (nSPS) is 10.6. The lowest BCUT2D eigenvalue weighted by Gasteiger charge is -2.13. The van der Waals surface area contributed by atoms with Gasteiger partial charge in [0.1, 0.15) is 5.69 Å². The van der Waals surface area contributed by atoms with Crippen LogP contribution >= 0.6 is 0 Å². The van der Waals surface area contributed by atoms with E-state index in [1.165, 1.54) is 4.90 Å². The van der Waals surface area contributed by atoms with Gasteiger partial charge in [-0.1, -0.05) is 42.5 Å². The van der Waals surface area contributed by atoms with Gasteiger partial charge in [-0.3, -0.25) is 4.79 Å². The van der Waals surface area contributed by atoms with Crippen molar-refractivity contribution in [3.63, 3.8) is 0 Å². The van der Waals surface area contributed by atoms with E-state index in [9.17, 15) is 4.79 Å². The lowest BCUT2D eigenvalue weighted by atomic mass is 10.1. The molecule has 4 nitrogen and oxygen atoms in total. The average molecular weight is 277 g/mol. The van der Waals surface area contributed by atoms with Gasteiger partial charge in [0.05, 0.1) is 11.0 Å². The third-order valence-electron chi connectivity index (χ3n) is 3.23. The highest BCUT2D eigenvalue weighted by Gasteiger charge is 2.19. The first-order chi connectivity index (χ1) is 10.2. The van der Waals surface area contributed by atoms with E-state index in [0.29, 0.717) is 11.4 Å². The number of rotatable bonds is 2. The Labute approximate surface area is 123 Å². The van der Waals surface area contributed by atoms with Crippen LogP contribution in [-0.2, 0) is 0 Å². The van der Waals surface area contributed by atoms with Crippen molar-refractivity contribution >= 4 is 16.9 Å². The van der Waals surface area contributed by atoms with E-state index >= 15 is 0 Å². The lowest BCUT2D eigenvalue weighted by Crippen LogP contribution is -2.24. The van der Waals surface area contributed by atoms with Crippen molar-refractivity contribution in [2.75, 3.05) is 14.1 Å².